The summed E-state index contributed by atoms with van der Waals surface area (Å²) in [5.74, 6) is 0.357. The Kier molecular flexibility index (Phi) is 5.23. The van der Waals surface area contributed by atoms with Gasteiger partial charge in [-0.25, -0.2) is 0 Å². The highest BCUT2D eigenvalue weighted by atomic mass is 16.2. The first-order valence-corrected chi connectivity index (χ1v) is 7.91. The Balaban J connectivity index is 2.12. The molecule has 1 saturated heterocycles. The molecule has 0 bridgehead atoms. The second-order valence-corrected chi connectivity index (χ2v) is 6.39. The number of nitrogens with zero attached hydrogens (tertiary/aromatic N) is 1. The van der Waals surface area contributed by atoms with Gasteiger partial charge in [0.2, 0.25) is 5.91 Å². The number of piperidine rings is 1. The van der Waals surface area contributed by atoms with Gasteiger partial charge >= 0.3 is 0 Å². The molecule has 4 heteroatoms. The van der Waals surface area contributed by atoms with E-state index < -0.39 is 0 Å². The maximum atomic E-state index is 12.7. The van der Waals surface area contributed by atoms with Gasteiger partial charge < -0.3 is 11.1 Å². The number of nitrogens with one attached hydrogen (secondary N) is 1. The number of carbonyl (C=O) groups excluding carboxylic acids is 1. The summed E-state index contributed by atoms with van der Waals surface area (Å²) < 4.78 is 0. The molecular weight excluding hydrogens is 262 g/mol. The summed E-state index contributed by atoms with van der Waals surface area (Å²) in [6, 6.07) is 7.75. The van der Waals surface area contributed by atoms with Gasteiger partial charge in [-0.15, -0.1) is 0 Å². The molecule has 1 aromatic rings. The molecule has 1 aliphatic rings. The van der Waals surface area contributed by atoms with E-state index in [4.69, 9.17) is 5.73 Å². The van der Waals surface area contributed by atoms with Gasteiger partial charge in [-0.1, -0.05) is 26.3 Å². The molecule has 0 spiro atoms. The second kappa shape index (κ2) is 6.94. The van der Waals surface area contributed by atoms with E-state index in [1.54, 1.807) is 6.07 Å². The lowest BCUT2D eigenvalue weighted by Gasteiger charge is -2.40. The summed E-state index contributed by atoms with van der Waals surface area (Å²) in [6.07, 6.45) is 3.62. The lowest BCUT2D eigenvalue weighted by molar-refractivity contribution is -0.124. The highest BCUT2D eigenvalue weighted by molar-refractivity contribution is 5.95. The first kappa shape index (κ1) is 15.8. The number of nitrogens with two attached hydrogens (primary N) is 1. The Morgan fingerprint density at radius 2 is 2.14 bits per heavy atom. The lowest BCUT2D eigenvalue weighted by atomic mass is 9.94. The van der Waals surface area contributed by atoms with Crippen molar-refractivity contribution in [2.45, 2.75) is 52.1 Å². The second-order valence-electron chi connectivity index (χ2n) is 6.39. The zero-order valence-corrected chi connectivity index (χ0v) is 13.3. The van der Waals surface area contributed by atoms with E-state index in [0.717, 1.165) is 12.2 Å². The molecular formula is C17H27N3O. The Morgan fingerprint density at radius 1 is 1.38 bits per heavy atom. The Hall–Kier alpha value is -1.55. The first-order valence-electron chi connectivity index (χ1n) is 7.91. The van der Waals surface area contributed by atoms with Crippen LogP contribution in [0.25, 0.3) is 0 Å². The van der Waals surface area contributed by atoms with Crippen LogP contribution in [0, 0.1) is 5.92 Å². The summed E-state index contributed by atoms with van der Waals surface area (Å²) in [6.45, 7) is 7.46. The minimum atomic E-state index is -0.0817. The topological polar surface area (TPSA) is 58.4 Å². The van der Waals surface area contributed by atoms with E-state index in [0.29, 0.717) is 11.7 Å². The molecule has 2 unspecified atom stereocenters. The highest BCUT2D eigenvalue weighted by Gasteiger charge is 2.33. The van der Waals surface area contributed by atoms with E-state index in [2.05, 4.69) is 31.0 Å². The van der Waals surface area contributed by atoms with Crippen LogP contribution >= 0.6 is 0 Å². The van der Waals surface area contributed by atoms with Crippen molar-refractivity contribution in [1.82, 2.24) is 4.90 Å². The molecule has 1 aliphatic heterocycles. The molecule has 0 aromatic heterocycles. The molecule has 0 saturated carbocycles. The van der Waals surface area contributed by atoms with E-state index in [1.807, 2.05) is 18.2 Å². The third-order valence-corrected chi connectivity index (χ3v) is 4.27. The third kappa shape index (κ3) is 3.97. The number of rotatable bonds is 4. The minimum absolute atomic E-state index is 0.0735. The van der Waals surface area contributed by atoms with Crippen molar-refractivity contribution < 1.29 is 4.79 Å². The fourth-order valence-corrected chi connectivity index (χ4v) is 3.20. The van der Waals surface area contributed by atoms with Crippen molar-refractivity contribution in [3.8, 4) is 0 Å². The van der Waals surface area contributed by atoms with E-state index in [1.165, 1.54) is 19.3 Å². The molecule has 2 atom stereocenters. The Bertz CT molecular complexity index is 487. The zero-order chi connectivity index (χ0) is 15.4. The number of anilines is 2. The van der Waals surface area contributed by atoms with Gasteiger partial charge in [-0.05, 0) is 50.4 Å². The van der Waals surface area contributed by atoms with Crippen molar-refractivity contribution in [2.75, 3.05) is 17.6 Å². The van der Waals surface area contributed by atoms with Crippen LogP contribution in [0.3, 0.4) is 0 Å². The average Bonchev–Trinajstić information content (AvgIpc) is 2.41. The molecule has 3 N–H and O–H groups in total. The number of amides is 1. The molecule has 1 fully saturated rings. The maximum absolute atomic E-state index is 12.7. The maximum Gasteiger partial charge on any atom is 0.242 e. The van der Waals surface area contributed by atoms with Crippen LogP contribution in [0.4, 0.5) is 11.4 Å². The fourth-order valence-electron chi connectivity index (χ4n) is 3.20. The Labute approximate surface area is 127 Å². The minimum Gasteiger partial charge on any atom is -0.399 e. The largest absolute Gasteiger partial charge is 0.399 e. The van der Waals surface area contributed by atoms with Gasteiger partial charge in [0.1, 0.15) is 0 Å². The number of nitrogen functional groups attached to an aromatic ring is 1. The SMILES string of the molecule is CC(C)C(C(=O)Nc1cccc(N)c1)N1CCCCC1C. The van der Waals surface area contributed by atoms with Crippen LogP contribution < -0.4 is 11.1 Å². The number of hydrogen-bond acceptors (Lipinski definition) is 3. The van der Waals surface area contributed by atoms with Crippen molar-refractivity contribution in [1.29, 1.82) is 0 Å². The summed E-state index contributed by atoms with van der Waals surface area (Å²) in [7, 11) is 0. The normalized spacial score (nSPS) is 21.2. The van der Waals surface area contributed by atoms with Crippen LogP contribution in [0.5, 0.6) is 0 Å². The van der Waals surface area contributed by atoms with Crippen molar-refractivity contribution >= 4 is 17.3 Å². The van der Waals surface area contributed by atoms with Gasteiger partial charge in [-0.3, -0.25) is 9.69 Å². The highest BCUT2D eigenvalue weighted by Crippen LogP contribution is 2.24. The third-order valence-electron chi connectivity index (χ3n) is 4.27. The van der Waals surface area contributed by atoms with Gasteiger partial charge in [0.05, 0.1) is 6.04 Å². The van der Waals surface area contributed by atoms with Crippen LogP contribution in [-0.2, 0) is 4.79 Å². The van der Waals surface area contributed by atoms with Gasteiger partial charge in [0.25, 0.3) is 0 Å². The molecule has 1 amide bonds. The number of likely N-dealkylation sites (tertiary alicyclic amines) is 1. The zero-order valence-electron chi connectivity index (χ0n) is 13.3. The van der Waals surface area contributed by atoms with E-state index in [-0.39, 0.29) is 17.9 Å². The average molecular weight is 289 g/mol. The van der Waals surface area contributed by atoms with Crippen LogP contribution in [0.1, 0.15) is 40.0 Å². The van der Waals surface area contributed by atoms with Gasteiger partial charge in [0.15, 0.2) is 0 Å². The van der Waals surface area contributed by atoms with Crippen molar-refractivity contribution in [3.63, 3.8) is 0 Å². The quantitative estimate of drug-likeness (QED) is 0.837. The van der Waals surface area contributed by atoms with Crippen molar-refractivity contribution in [3.05, 3.63) is 24.3 Å². The smallest absolute Gasteiger partial charge is 0.242 e. The molecule has 1 aromatic carbocycles. The predicted molar refractivity (Wildman–Crippen MR) is 88.1 cm³/mol. The molecule has 2 rings (SSSR count). The summed E-state index contributed by atoms with van der Waals surface area (Å²) >= 11 is 0. The monoisotopic (exact) mass is 289 g/mol. The molecule has 0 radical (unpaired) electrons. The summed E-state index contributed by atoms with van der Waals surface area (Å²) in [5.41, 5.74) is 7.21. The number of carbonyl (C=O) groups is 1. The van der Waals surface area contributed by atoms with Crippen LogP contribution in [0.15, 0.2) is 24.3 Å². The van der Waals surface area contributed by atoms with Crippen LogP contribution in [0.2, 0.25) is 0 Å². The number of benzene rings is 1. The molecule has 116 valence electrons. The number of hydrogen-bond donors (Lipinski definition) is 2. The molecule has 4 nitrogen and oxygen atoms in total. The van der Waals surface area contributed by atoms with E-state index in [9.17, 15) is 4.79 Å². The van der Waals surface area contributed by atoms with Crippen LogP contribution in [-0.4, -0.2) is 29.4 Å². The molecule has 21 heavy (non-hydrogen) atoms. The van der Waals surface area contributed by atoms with Gasteiger partial charge in [-0.2, -0.15) is 0 Å². The molecule has 1 heterocycles. The molecule has 0 aliphatic carbocycles. The Morgan fingerprint density at radius 3 is 2.76 bits per heavy atom. The van der Waals surface area contributed by atoms with Gasteiger partial charge in [0, 0.05) is 17.4 Å². The lowest BCUT2D eigenvalue weighted by Crippen LogP contribution is -2.52. The van der Waals surface area contributed by atoms with E-state index >= 15 is 0 Å². The summed E-state index contributed by atoms with van der Waals surface area (Å²) in [5, 5.41) is 3.02. The van der Waals surface area contributed by atoms with Crippen molar-refractivity contribution in [2.24, 2.45) is 5.92 Å². The first-order chi connectivity index (χ1) is 9.99. The predicted octanol–water partition coefficient (Wildman–Crippen LogP) is 3.11. The standard InChI is InChI=1S/C17H27N3O/c1-12(2)16(20-10-5-4-7-13(20)3)17(21)19-15-9-6-8-14(18)11-15/h6,8-9,11-13,16H,4-5,7,10,18H2,1-3H3,(H,19,21). The summed E-state index contributed by atoms with van der Waals surface area (Å²) in [4.78, 5) is 15.1. The fraction of sp³-hybridized carbons (Fsp3) is 0.588.